The summed E-state index contributed by atoms with van der Waals surface area (Å²) in [5.74, 6) is 0.761. The van der Waals surface area contributed by atoms with Crippen LogP contribution < -0.4 is 0 Å². The fourth-order valence-corrected chi connectivity index (χ4v) is 4.43. The van der Waals surface area contributed by atoms with Crippen molar-refractivity contribution >= 4 is 15.9 Å². The maximum Gasteiger partial charge on any atom is 0.294 e. The van der Waals surface area contributed by atoms with E-state index in [1.807, 2.05) is 0 Å². The molecule has 6 nitrogen and oxygen atoms in total. The highest BCUT2D eigenvalue weighted by Gasteiger charge is 2.48. The molecule has 126 valence electrons. The summed E-state index contributed by atoms with van der Waals surface area (Å²) in [6.45, 7) is 0.659. The van der Waals surface area contributed by atoms with Gasteiger partial charge in [-0.3, -0.25) is 14.2 Å². The number of nitrogens with zero attached hydrogens (tertiary/aromatic N) is 1. The van der Waals surface area contributed by atoms with Crippen molar-refractivity contribution in [1.82, 2.24) is 4.90 Å². The van der Waals surface area contributed by atoms with Crippen LogP contribution in [-0.4, -0.2) is 53.5 Å². The van der Waals surface area contributed by atoms with E-state index in [0.717, 1.165) is 25.7 Å². The molecule has 0 amide bonds. The predicted octanol–water partition coefficient (Wildman–Crippen LogP) is 1.11. The molecule has 0 radical (unpaired) electrons. The number of Topliss-reactive ketones (excluding diaryl/α,β-unsaturated/α-hetero) is 1. The quantitative estimate of drug-likeness (QED) is 0.744. The Morgan fingerprint density at radius 2 is 1.57 bits per heavy atom. The minimum absolute atomic E-state index is 0.0741. The van der Waals surface area contributed by atoms with Gasteiger partial charge < -0.3 is 5.11 Å². The van der Waals surface area contributed by atoms with Gasteiger partial charge in [-0.25, -0.2) is 0 Å². The Bertz CT molecular complexity index is 659. The lowest BCUT2D eigenvalue weighted by Gasteiger charge is -2.53. The minimum Gasteiger partial charge on any atom is -0.393 e. The Kier molecular flexibility index (Phi) is 4.55. The van der Waals surface area contributed by atoms with Crippen molar-refractivity contribution < 1.29 is 22.9 Å². The molecule has 2 unspecified atom stereocenters. The summed E-state index contributed by atoms with van der Waals surface area (Å²) >= 11 is 0. The number of benzene rings is 1. The number of hydrogen-bond donors (Lipinski definition) is 2. The van der Waals surface area contributed by atoms with E-state index < -0.39 is 10.1 Å². The van der Waals surface area contributed by atoms with E-state index >= 15 is 0 Å². The summed E-state index contributed by atoms with van der Waals surface area (Å²) in [6, 6.07) is 8.43. The lowest BCUT2D eigenvalue weighted by Crippen LogP contribution is -2.62. The van der Waals surface area contributed by atoms with Gasteiger partial charge in [0.1, 0.15) is 5.78 Å². The molecule has 23 heavy (non-hydrogen) atoms. The van der Waals surface area contributed by atoms with Crippen LogP contribution in [0.3, 0.4) is 0 Å². The second kappa shape index (κ2) is 6.32. The molecule has 2 atom stereocenters. The highest BCUT2D eigenvalue weighted by Crippen LogP contribution is 2.41. The van der Waals surface area contributed by atoms with E-state index in [1.54, 1.807) is 18.2 Å². The number of carbonyl (C=O) groups excluding carboxylic acids is 1. The second-order valence-electron chi connectivity index (χ2n) is 6.53. The number of carbonyl (C=O) groups is 1. The van der Waals surface area contributed by atoms with Gasteiger partial charge in [0.25, 0.3) is 10.1 Å². The largest absolute Gasteiger partial charge is 0.393 e. The van der Waals surface area contributed by atoms with E-state index in [4.69, 9.17) is 4.55 Å². The van der Waals surface area contributed by atoms with E-state index in [-0.39, 0.29) is 11.0 Å². The first-order chi connectivity index (χ1) is 10.8. The van der Waals surface area contributed by atoms with Gasteiger partial charge in [-0.15, -0.1) is 0 Å². The van der Waals surface area contributed by atoms with Gasteiger partial charge in [0, 0.05) is 18.0 Å². The molecule has 7 heteroatoms. The maximum atomic E-state index is 11.5. The van der Waals surface area contributed by atoms with E-state index in [9.17, 15) is 18.3 Å². The molecule has 4 aliphatic heterocycles. The molecular formula is C16H21NO5S. The van der Waals surface area contributed by atoms with E-state index in [1.165, 1.54) is 12.1 Å². The molecule has 0 spiro atoms. The van der Waals surface area contributed by atoms with Crippen LogP contribution in [0.1, 0.15) is 25.7 Å². The lowest BCUT2D eigenvalue weighted by atomic mass is 9.72. The summed E-state index contributed by atoms with van der Waals surface area (Å²) in [6.07, 6.45) is 3.68. The van der Waals surface area contributed by atoms with Crippen molar-refractivity contribution in [2.24, 2.45) is 5.92 Å². The van der Waals surface area contributed by atoms with Crippen LogP contribution in [0.5, 0.6) is 0 Å². The first-order valence-corrected chi connectivity index (χ1v) is 9.27. The summed E-state index contributed by atoms with van der Waals surface area (Å²) in [5.41, 5.74) is 0. The Morgan fingerprint density at radius 1 is 1.00 bits per heavy atom. The van der Waals surface area contributed by atoms with Crippen molar-refractivity contribution in [2.45, 2.75) is 48.8 Å². The van der Waals surface area contributed by atoms with Crippen LogP contribution in [-0.2, 0) is 14.9 Å². The SMILES string of the molecule is O=C1CN2C3CC(O)CC2CC1C3.O=S(=O)(O)c1ccccc1. The van der Waals surface area contributed by atoms with Gasteiger partial charge in [0.15, 0.2) is 0 Å². The topological polar surface area (TPSA) is 94.9 Å². The zero-order valence-electron chi connectivity index (χ0n) is 12.7. The van der Waals surface area contributed by atoms with Crippen molar-refractivity contribution in [2.75, 3.05) is 6.54 Å². The standard InChI is InChI=1S/C10H15NO2.C6H6O3S/c12-9-3-7-1-6-2-8(4-9)11(7)5-10(6)13;7-10(8,9)6-4-2-1-3-5-6/h6-9,12H,1-5H2;1-5H,(H,7,8,9). The number of hydrogen-bond acceptors (Lipinski definition) is 5. The average molecular weight is 339 g/mol. The van der Waals surface area contributed by atoms with Gasteiger partial charge in [0.05, 0.1) is 17.5 Å². The molecule has 2 N–H and O–H groups in total. The number of fused-ring (bicyclic) bond motifs is 1. The lowest BCUT2D eigenvalue weighted by molar-refractivity contribution is -0.144. The third kappa shape index (κ3) is 3.63. The second-order valence-corrected chi connectivity index (χ2v) is 7.95. The number of aliphatic hydroxyl groups excluding tert-OH is 1. The van der Waals surface area contributed by atoms with Crippen LogP contribution in [0.25, 0.3) is 0 Å². The fraction of sp³-hybridized carbons (Fsp3) is 0.562. The number of aliphatic hydroxyl groups is 1. The van der Waals surface area contributed by atoms with Crippen molar-refractivity contribution in [3.05, 3.63) is 30.3 Å². The fourth-order valence-electron chi connectivity index (χ4n) is 3.93. The summed E-state index contributed by atoms with van der Waals surface area (Å²) in [4.78, 5) is 13.7. The Hall–Kier alpha value is -1.28. The molecular weight excluding hydrogens is 318 g/mol. The summed E-state index contributed by atoms with van der Waals surface area (Å²) < 4.78 is 29.2. The van der Waals surface area contributed by atoms with E-state index in [2.05, 4.69) is 4.90 Å². The van der Waals surface area contributed by atoms with Crippen molar-refractivity contribution in [1.29, 1.82) is 0 Å². The third-order valence-corrected chi connectivity index (χ3v) is 5.84. The molecule has 0 aromatic heterocycles. The molecule has 1 aromatic rings. The van der Waals surface area contributed by atoms with Crippen LogP contribution in [0.15, 0.2) is 35.2 Å². The molecule has 1 aromatic carbocycles. The number of piperidine rings is 4. The van der Waals surface area contributed by atoms with Crippen LogP contribution in [0.2, 0.25) is 0 Å². The zero-order valence-corrected chi connectivity index (χ0v) is 13.5. The van der Waals surface area contributed by atoms with Gasteiger partial charge in [0.2, 0.25) is 0 Å². The maximum absolute atomic E-state index is 11.5. The van der Waals surface area contributed by atoms with Gasteiger partial charge in [-0.2, -0.15) is 8.42 Å². The third-order valence-electron chi connectivity index (χ3n) is 4.97. The Balaban J connectivity index is 0.000000142. The summed E-state index contributed by atoms with van der Waals surface area (Å²) in [5, 5.41) is 9.60. The van der Waals surface area contributed by atoms with Crippen molar-refractivity contribution in [3.8, 4) is 0 Å². The predicted molar refractivity (Wildman–Crippen MR) is 83.5 cm³/mol. The molecule has 0 aliphatic carbocycles. The normalized spacial score (nSPS) is 35.4. The average Bonchev–Trinajstić information content (AvgIpc) is 2.48. The minimum atomic E-state index is -4.00. The van der Waals surface area contributed by atoms with Gasteiger partial charge >= 0.3 is 0 Å². The Morgan fingerprint density at radius 3 is 2.00 bits per heavy atom. The Labute approximate surface area is 135 Å². The van der Waals surface area contributed by atoms with Crippen molar-refractivity contribution in [3.63, 3.8) is 0 Å². The highest BCUT2D eigenvalue weighted by molar-refractivity contribution is 7.85. The van der Waals surface area contributed by atoms with Crippen LogP contribution >= 0.6 is 0 Å². The number of rotatable bonds is 1. The molecule has 4 saturated heterocycles. The molecule has 4 aliphatic rings. The highest BCUT2D eigenvalue weighted by atomic mass is 32.2. The summed E-state index contributed by atoms with van der Waals surface area (Å²) in [7, 11) is -4.00. The molecule has 5 rings (SSSR count). The smallest absolute Gasteiger partial charge is 0.294 e. The van der Waals surface area contributed by atoms with Crippen LogP contribution in [0.4, 0.5) is 0 Å². The van der Waals surface area contributed by atoms with E-state index in [0.29, 0.717) is 30.3 Å². The number of ketones is 1. The van der Waals surface area contributed by atoms with Crippen LogP contribution in [0, 0.1) is 5.92 Å². The first kappa shape index (κ1) is 16.6. The molecule has 4 fully saturated rings. The molecule has 4 heterocycles. The monoisotopic (exact) mass is 339 g/mol. The molecule has 0 saturated carbocycles. The molecule has 4 bridgehead atoms. The first-order valence-electron chi connectivity index (χ1n) is 7.83. The zero-order chi connectivity index (χ0) is 16.6. The van der Waals surface area contributed by atoms with Gasteiger partial charge in [-0.05, 0) is 37.8 Å². The van der Waals surface area contributed by atoms with Gasteiger partial charge in [-0.1, -0.05) is 18.2 Å².